The van der Waals surface area contributed by atoms with Gasteiger partial charge in [-0.05, 0) is 19.1 Å². The molecule has 0 saturated carbocycles. The Labute approximate surface area is 112 Å². The van der Waals surface area contributed by atoms with E-state index in [1.165, 1.54) is 18.5 Å². The van der Waals surface area contributed by atoms with E-state index in [1.807, 2.05) is 6.92 Å². The molecule has 0 fully saturated rings. The average molecular weight is 276 g/mol. The molecule has 1 aromatic carbocycles. The molecule has 0 radical (unpaired) electrons. The number of anilines is 1. The highest BCUT2D eigenvalue weighted by Gasteiger charge is 2.17. The van der Waals surface area contributed by atoms with E-state index in [0.717, 1.165) is 6.07 Å². The van der Waals surface area contributed by atoms with Gasteiger partial charge in [-0.2, -0.15) is 4.98 Å². The normalized spacial score (nSPS) is 10.9. The zero-order valence-corrected chi connectivity index (χ0v) is 10.5. The van der Waals surface area contributed by atoms with Gasteiger partial charge in [-0.3, -0.25) is 0 Å². The SMILES string of the molecule is CCNc1ncnc2onc(-c3cc(F)cc(F)c3)c12. The lowest BCUT2D eigenvalue weighted by molar-refractivity contribution is 0.451. The molecule has 3 aromatic rings. The molecule has 20 heavy (non-hydrogen) atoms. The van der Waals surface area contributed by atoms with Crippen LogP contribution in [0.15, 0.2) is 29.0 Å². The van der Waals surface area contributed by atoms with Crippen molar-refractivity contribution < 1.29 is 13.3 Å². The standard InChI is InChI=1S/C13H10F2N4O/c1-2-16-12-10-11(19-20-13(10)18-6-17-12)7-3-8(14)5-9(15)4-7/h3-6H,2H2,1H3,(H,16,17,18). The topological polar surface area (TPSA) is 63.8 Å². The van der Waals surface area contributed by atoms with Gasteiger partial charge in [0.05, 0.1) is 0 Å². The van der Waals surface area contributed by atoms with Crippen LogP contribution in [0.25, 0.3) is 22.4 Å². The Bertz CT molecular complexity index is 752. The van der Waals surface area contributed by atoms with Gasteiger partial charge < -0.3 is 9.84 Å². The minimum atomic E-state index is -0.682. The summed E-state index contributed by atoms with van der Waals surface area (Å²) >= 11 is 0. The van der Waals surface area contributed by atoms with Gasteiger partial charge in [0.25, 0.3) is 5.71 Å². The van der Waals surface area contributed by atoms with Crippen LogP contribution in [0, 0.1) is 11.6 Å². The van der Waals surface area contributed by atoms with Crippen LogP contribution in [0.3, 0.4) is 0 Å². The number of rotatable bonds is 3. The third kappa shape index (κ3) is 2.07. The van der Waals surface area contributed by atoms with Gasteiger partial charge >= 0.3 is 0 Å². The maximum Gasteiger partial charge on any atom is 0.263 e. The van der Waals surface area contributed by atoms with Crippen molar-refractivity contribution in [3.8, 4) is 11.3 Å². The molecule has 0 saturated heterocycles. The van der Waals surface area contributed by atoms with E-state index in [9.17, 15) is 8.78 Å². The van der Waals surface area contributed by atoms with Crippen LogP contribution in [0.2, 0.25) is 0 Å². The van der Waals surface area contributed by atoms with Gasteiger partial charge in [-0.15, -0.1) is 0 Å². The largest absolute Gasteiger partial charge is 0.370 e. The maximum atomic E-state index is 13.3. The van der Waals surface area contributed by atoms with Crippen LogP contribution in [0.1, 0.15) is 6.92 Å². The highest BCUT2D eigenvalue weighted by atomic mass is 19.1. The number of benzene rings is 1. The predicted octanol–water partition coefficient (Wildman–Crippen LogP) is 2.99. The molecule has 0 aliphatic rings. The number of nitrogens with one attached hydrogen (secondary N) is 1. The molecule has 0 aliphatic carbocycles. The number of halogens is 2. The summed E-state index contributed by atoms with van der Waals surface area (Å²) in [5.74, 6) is -0.852. The van der Waals surface area contributed by atoms with E-state index >= 15 is 0 Å². The smallest absolute Gasteiger partial charge is 0.263 e. The molecule has 0 aliphatic heterocycles. The van der Waals surface area contributed by atoms with Crippen LogP contribution in [-0.4, -0.2) is 21.7 Å². The fourth-order valence-electron chi connectivity index (χ4n) is 1.98. The van der Waals surface area contributed by atoms with Crippen LogP contribution in [-0.2, 0) is 0 Å². The van der Waals surface area contributed by atoms with E-state index in [2.05, 4.69) is 20.4 Å². The van der Waals surface area contributed by atoms with Gasteiger partial charge in [0.15, 0.2) is 0 Å². The van der Waals surface area contributed by atoms with Gasteiger partial charge in [0.2, 0.25) is 0 Å². The fraction of sp³-hybridized carbons (Fsp3) is 0.154. The quantitative estimate of drug-likeness (QED) is 0.796. The minimum Gasteiger partial charge on any atom is -0.370 e. The third-order valence-corrected chi connectivity index (χ3v) is 2.75. The van der Waals surface area contributed by atoms with Crippen molar-refractivity contribution in [2.24, 2.45) is 0 Å². The van der Waals surface area contributed by atoms with E-state index in [0.29, 0.717) is 23.4 Å². The lowest BCUT2D eigenvalue weighted by Crippen LogP contribution is -2.00. The van der Waals surface area contributed by atoms with Crippen molar-refractivity contribution in [1.82, 2.24) is 15.1 Å². The second-order valence-electron chi connectivity index (χ2n) is 4.12. The molecule has 7 heteroatoms. The van der Waals surface area contributed by atoms with Gasteiger partial charge in [-0.25, -0.2) is 13.8 Å². The first-order valence-corrected chi connectivity index (χ1v) is 5.99. The van der Waals surface area contributed by atoms with E-state index in [-0.39, 0.29) is 11.3 Å². The molecule has 0 unspecified atom stereocenters. The number of nitrogens with zero attached hydrogens (tertiary/aromatic N) is 3. The van der Waals surface area contributed by atoms with Crippen LogP contribution >= 0.6 is 0 Å². The molecule has 0 atom stereocenters. The Morgan fingerprint density at radius 1 is 1.15 bits per heavy atom. The molecule has 3 rings (SSSR count). The number of hydrogen-bond donors (Lipinski definition) is 1. The first-order chi connectivity index (χ1) is 9.69. The van der Waals surface area contributed by atoms with Crippen LogP contribution in [0.4, 0.5) is 14.6 Å². The zero-order chi connectivity index (χ0) is 14.1. The lowest BCUT2D eigenvalue weighted by atomic mass is 10.1. The number of aromatic nitrogens is 3. The number of fused-ring (bicyclic) bond motifs is 1. The van der Waals surface area contributed by atoms with E-state index in [1.54, 1.807) is 0 Å². The van der Waals surface area contributed by atoms with E-state index < -0.39 is 11.6 Å². The van der Waals surface area contributed by atoms with Crippen LogP contribution < -0.4 is 5.32 Å². The first-order valence-electron chi connectivity index (χ1n) is 5.99. The highest BCUT2D eigenvalue weighted by molar-refractivity contribution is 5.97. The minimum absolute atomic E-state index is 0.260. The van der Waals surface area contributed by atoms with Gasteiger partial charge in [0.1, 0.15) is 34.9 Å². The summed E-state index contributed by atoms with van der Waals surface area (Å²) in [6, 6.07) is 3.17. The summed E-state index contributed by atoms with van der Waals surface area (Å²) in [6.45, 7) is 2.54. The molecule has 0 amide bonds. The molecule has 5 nitrogen and oxygen atoms in total. The number of hydrogen-bond acceptors (Lipinski definition) is 5. The third-order valence-electron chi connectivity index (χ3n) is 2.75. The molecule has 0 spiro atoms. The monoisotopic (exact) mass is 276 g/mol. The molecule has 1 N–H and O–H groups in total. The van der Waals surface area contributed by atoms with Crippen molar-refractivity contribution in [2.75, 3.05) is 11.9 Å². The second kappa shape index (κ2) is 4.84. The summed E-state index contributed by atoms with van der Waals surface area (Å²) in [5.41, 5.74) is 0.834. The summed E-state index contributed by atoms with van der Waals surface area (Å²) in [4.78, 5) is 8.04. The van der Waals surface area contributed by atoms with Crippen molar-refractivity contribution >= 4 is 16.9 Å². The molecule has 102 valence electrons. The van der Waals surface area contributed by atoms with Crippen molar-refractivity contribution in [3.05, 3.63) is 36.2 Å². The Morgan fingerprint density at radius 2 is 1.90 bits per heavy atom. The Hall–Kier alpha value is -2.57. The summed E-state index contributed by atoms with van der Waals surface area (Å²) in [6.07, 6.45) is 1.33. The zero-order valence-electron chi connectivity index (χ0n) is 10.5. The molecular formula is C13H10F2N4O. The van der Waals surface area contributed by atoms with Crippen LogP contribution in [0.5, 0.6) is 0 Å². The van der Waals surface area contributed by atoms with E-state index in [4.69, 9.17) is 4.52 Å². The van der Waals surface area contributed by atoms with Crippen molar-refractivity contribution in [1.29, 1.82) is 0 Å². The Balaban J connectivity index is 2.25. The second-order valence-corrected chi connectivity index (χ2v) is 4.12. The van der Waals surface area contributed by atoms with Gasteiger partial charge in [0, 0.05) is 18.2 Å². The van der Waals surface area contributed by atoms with Crippen molar-refractivity contribution in [2.45, 2.75) is 6.92 Å². The molecule has 0 bridgehead atoms. The Morgan fingerprint density at radius 3 is 2.60 bits per heavy atom. The predicted molar refractivity (Wildman–Crippen MR) is 69.1 cm³/mol. The van der Waals surface area contributed by atoms with Crippen molar-refractivity contribution in [3.63, 3.8) is 0 Å². The highest BCUT2D eigenvalue weighted by Crippen LogP contribution is 2.31. The molecule has 2 aromatic heterocycles. The molecule has 2 heterocycles. The fourth-order valence-corrected chi connectivity index (χ4v) is 1.98. The lowest BCUT2D eigenvalue weighted by Gasteiger charge is -2.03. The summed E-state index contributed by atoms with van der Waals surface area (Å²) in [7, 11) is 0. The molecular weight excluding hydrogens is 266 g/mol. The van der Waals surface area contributed by atoms with Gasteiger partial charge in [-0.1, -0.05) is 5.16 Å². The summed E-state index contributed by atoms with van der Waals surface area (Å²) in [5, 5.41) is 7.38. The Kier molecular flexibility index (Phi) is 3.02. The first kappa shape index (κ1) is 12.5. The summed E-state index contributed by atoms with van der Waals surface area (Å²) < 4.78 is 31.7. The average Bonchev–Trinajstić information content (AvgIpc) is 2.83. The maximum absolute atomic E-state index is 13.3.